The van der Waals surface area contributed by atoms with Crippen LogP contribution in [0.25, 0.3) is 0 Å². The van der Waals surface area contributed by atoms with Gasteiger partial charge in [0.1, 0.15) is 5.92 Å². The lowest BCUT2D eigenvalue weighted by Gasteiger charge is -2.33. The standard InChI is InChI=1S/C35H41NO4/c1-24(2)22-40-34(26(4)39-23-29-13-9-6-10-14-29)31(20-28-17-15-25(3)16-18-28)33(37)32-30(21-36-35(32)38)19-27-11-7-5-8-12-27/h5-18,26,30-32,34H,1,19-23H2,2-4H3,(H,36,38)/t26-,30?,31-,32+,34-/m0/s1. The van der Waals surface area contributed by atoms with Crippen molar-refractivity contribution in [2.45, 2.75) is 52.4 Å². The van der Waals surface area contributed by atoms with Crippen molar-refractivity contribution in [1.29, 1.82) is 0 Å². The van der Waals surface area contributed by atoms with E-state index in [2.05, 4.69) is 36.2 Å². The van der Waals surface area contributed by atoms with Crippen LogP contribution in [-0.4, -0.2) is 37.0 Å². The van der Waals surface area contributed by atoms with E-state index in [9.17, 15) is 9.59 Å². The summed E-state index contributed by atoms with van der Waals surface area (Å²) >= 11 is 0. The average Bonchev–Trinajstić information content (AvgIpc) is 3.32. The van der Waals surface area contributed by atoms with Gasteiger partial charge in [0.25, 0.3) is 0 Å². The highest BCUT2D eigenvalue weighted by Crippen LogP contribution is 2.31. The Morgan fingerprint density at radius 3 is 2.17 bits per heavy atom. The summed E-state index contributed by atoms with van der Waals surface area (Å²) in [6.07, 6.45) is 0.168. The van der Waals surface area contributed by atoms with Crippen molar-refractivity contribution in [3.63, 3.8) is 0 Å². The monoisotopic (exact) mass is 539 g/mol. The zero-order chi connectivity index (χ0) is 28.5. The minimum absolute atomic E-state index is 0.0848. The maximum Gasteiger partial charge on any atom is 0.230 e. The van der Waals surface area contributed by atoms with Gasteiger partial charge in [0.2, 0.25) is 5.91 Å². The molecule has 0 aliphatic carbocycles. The first-order valence-electron chi connectivity index (χ1n) is 14.1. The molecule has 1 fully saturated rings. The SMILES string of the molecule is C=C(C)CO[C@@H]([C@H](C)OCc1ccccc1)[C@@H](Cc1ccc(C)cc1)C(=O)[C@@H]1C(=O)NCC1Cc1ccccc1. The van der Waals surface area contributed by atoms with Crippen LogP contribution in [0.15, 0.2) is 97.1 Å². The molecular weight excluding hydrogens is 498 g/mol. The highest BCUT2D eigenvalue weighted by molar-refractivity contribution is 6.04. The van der Waals surface area contributed by atoms with Crippen LogP contribution in [-0.2, 0) is 38.5 Å². The smallest absolute Gasteiger partial charge is 0.230 e. The molecule has 3 aromatic carbocycles. The van der Waals surface area contributed by atoms with Crippen molar-refractivity contribution >= 4 is 11.7 Å². The highest BCUT2D eigenvalue weighted by atomic mass is 16.5. The molecule has 4 rings (SSSR count). The van der Waals surface area contributed by atoms with E-state index in [1.807, 2.05) is 81.4 Å². The molecule has 40 heavy (non-hydrogen) atoms. The van der Waals surface area contributed by atoms with Crippen LogP contribution in [0, 0.1) is 24.7 Å². The van der Waals surface area contributed by atoms with Crippen LogP contribution in [0.4, 0.5) is 0 Å². The van der Waals surface area contributed by atoms with E-state index in [0.717, 1.165) is 27.8 Å². The van der Waals surface area contributed by atoms with Gasteiger partial charge >= 0.3 is 0 Å². The maximum atomic E-state index is 14.5. The molecule has 0 bridgehead atoms. The molecule has 1 saturated heterocycles. The van der Waals surface area contributed by atoms with Gasteiger partial charge in [-0.25, -0.2) is 0 Å². The van der Waals surface area contributed by atoms with Crippen molar-refractivity contribution < 1.29 is 19.1 Å². The van der Waals surface area contributed by atoms with Crippen molar-refractivity contribution in [1.82, 2.24) is 5.32 Å². The van der Waals surface area contributed by atoms with Gasteiger partial charge in [-0.15, -0.1) is 0 Å². The first-order valence-corrected chi connectivity index (χ1v) is 14.1. The van der Waals surface area contributed by atoms with E-state index in [1.54, 1.807) is 0 Å². The second-order valence-corrected chi connectivity index (χ2v) is 11.1. The predicted molar refractivity (Wildman–Crippen MR) is 159 cm³/mol. The highest BCUT2D eigenvalue weighted by Gasteiger charge is 2.46. The Labute approximate surface area is 238 Å². The number of hydrogen-bond donors (Lipinski definition) is 1. The number of aryl methyl sites for hydroxylation is 1. The number of ether oxygens (including phenoxy) is 2. The van der Waals surface area contributed by atoms with Crippen LogP contribution in [0.3, 0.4) is 0 Å². The summed E-state index contributed by atoms with van der Waals surface area (Å²) in [5.41, 5.74) is 5.21. The van der Waals surface area contributed by atoms with E-state index in [0.29, 0.717) is 32.6 Å². The van der Waals surface area contributed by atoms with Crippen molar-refractivity contribution in [2.75, 3.05) is 13.2 Å². The van der Waals surface area contributed by atoms with Crippen LogP contribution < -0.4 is 5.32 Å². The van der Waals surface area contributed by atoms with Crippen LogP contribution in [0.5, 0.6) is 0 Å². The van der Waals surface area contributed by atoms with E-state index >= 15 is 0 Å². The van der Waals surface area contributed by atoms with Gasteiger partial charge in [-0.2, -0.15) is 0 Å². The molecule has 0 radical (unpaired) electrons. The number of benzene rings is 3. The van der Waals surface area contributed by atoms with E-state index in [-0.39, 0.29) is 17.6 Å². The maximum absolute atomic E-state index is 14.5. The molecule has 3 aromatic rings. The normalized spacial score (nSPS) is 19.0. The number of amides is 1. The molecule has 1 N–H and O–H groups in total. The van der Waals surface area contributed by atoms with Crippen LogP contribution in [0.1, 0.15) is 36.1 Å². The summed E-state index contributed by atoms with van der Waals surface area (Å²) < 4.78 is 12.7. The Balaban J connectivity index is 1.64. The summed E-state index contributed by atoms with van der Waals surface area (Å²) in [5.74, 6) is -1.71. The molecule has 1 amide bonds. The van der Waals surface area contributed by atoms with Gasteiger partial charge in [0.05, 0.1) is 31.3 Å². The average molecular weight is 540 g/mol. The molecule has 1 heterocycles. The molecule has 0 spiro atoms. The molecule has 0 aromatic heterocycles. The van der Waals surface area contributed by atoms with Gasteiger partial charge in [0, 0.05) is 6.54 Å². The third-order valence-corrected chi connectivity index (χ3v) is 7.62. The fraction of sp³-hybridized carbons (Fsp3) is 0.371. The Kier molecular flexibility index (Phi) is 10.5. The summed E-state index contributed by atoms with van der Waals surface area (Å²) in [5, 5.41) is 2.97. The molecule has 210 valence electrons. The number of nitrogens with one attached hydrogen (secondary N) is 1. The first kappa shape index (κ1) is 29.4. The van der Waals surface area contributed by atoms with Crippen molar-refractivity contribution in [3.05, 3.63) is 119 Å². The molecular formula is C35H41NO4. The van der Waals surface area contributed by atoms with Gasteiger partial charge in [-0.3, -0.25) is 9.59 Å². The quantitative estimate of drug-likeness (QED) is 0.205. The summed E-state index contributed by atoms with van der Waals surface area (Å²) in [4.78, 5) is 27.6. The van der Waals surface area contributed by atoms with Gasteiger partial charge in [-0.05, 0) is 56.2 Å². The lowest BCUT2D eigenvalue weighted by molar-refractivity contribution is -0.145. The number of hydrogen-bond acceptors (Lipinski definition) is 4. The van der Waals surface area contributed by atoms with Crippen molar-refractivity contribution in [2.24, 2.45) is 17.8 Å². The Morgan fingerprint density at radius 1 is 0.925 bits per heavy atom. The number of ketones is 1. The summed E-state index contributed by atoms with van der Waals surface area (Å²) in [6, 6.07) is 28.2. The van der Waals surface area contributed by atoms with Gasteiger partial charge < -0.3 is 14.8 Å². The lowest BCUT2D eigenvalue weighted by Crippen LogP contribution is -2.46. The number of carbonyl (C=O) groups excluding carboxylic acids is 2. The Hall–Kier alpha value is -3.54. The van der Waals surface area contributed by atoms with Gasteiger partial charge in [-0.1, -0.05) is 103 Å². The van der Waals surface area contributed by atoms with E-state index < -0.39 is 24.0 Å². The second-order valence-electron chi connectivity index (χ2n) is 11.1. The largest absolute Gasteiger partial charge is 0.371 e. The van der Waals surface area contributed by atoms with Crippen molar-refractivity contribution in [3.8, 4) is 0 Å². The molecule has 1 aliphatic rings. The molecule has 1 unspecified atom stereocenters. The molecule has 5 heteroatoms. The third kappa shape index (κ3) is 8.00. The lowest BCUT2D eigenvalue weighted by atomic mass is 9.77. The Morgan fingerprint density at radius 2 is 1.55 bits per heavy atom. The summed E-state index contributed by atoms with van der Waals surface area (Å²) in [7, 11) is 0. The minimum atomic E-state index is -0.743. The second kappa shape index (κ2) is 14.2. The molecule has 5 nitrogen and oxygen atoms in total. The topological polar surface area (TPSA) is 64.6 Å². The minimum Gasteiger partial charge on any atom is -0.371 e. The van der Waals surface area contributed by atoms with Crippen LogP contribution in [0.2, 0.25) is 0 Å². The van der Waals surface area contributed by atoms with E-state index in [4.69, 9.17) is 9.47 Å². The number of carbonyl (C=O) groups is 2. The fourth-order valence-electron chi connectivity index (χ4n) is 5.44. The number of rotatable bonds is 14. The number of Topliss-reactive ketones (excluding diaryl/α,β-unsaturated/α-hetero) is 1. The molecule has 5 atom stereocenters. The Bertz CT molecular complexity index is 1260. The molecule has 0 saturated carbocycles. The summed E-state index contributed by atoms with van der Waals surface area (Å²) in [6.45, 7) is 11.1. The first-order chi connectivity index (χ1) is 19.3. The van der Waals surface area contributed by atoms with Gasteiger partial charge in [0.15, 0.2) is 5.78 Å². The van der Waals surface area contributed by atoms with E-state index in [1.165, 1.54) is 0 Å². The zero-order valence-electron chi connectivity index (χ0n) is 23.8. The molecule has 1 aliphatic heterocycles. The third-order valence-electron chi connectivity index (χ3n) is 7.62. The predicted octanol–water partition coefficient (Wildman–Crippen LogP) is 5.89. The van der Waals surface area contributed by atoms with Crippen LogP contribution >= 0.6 is 0 Å². The fourth-order valence-corrected chi connectivity index (χ4v) is 5.44. The zero-order valence-corrected chi connectivity index (χ0v) is 23.8.